The molecule has 0 spiro atoms. The molecule has 0 heterocycles. The zero-order chi connectivity index (χ0) is 21.0. The van der Waals surface area contributed by atoms with Crippen molar-refractivity contribution in [3.63, 3.8) is 0 Å². The SMILES string of the molecule is C/C(=C\C[C@@H](C)[C@H]1CC[C@H]2C3=C(CC[C@]12C)[C@@]1(C)CC[C@H](O)C[C@@H]1CC3)C(C)C. The lowest BCUT2D eigenvalue weighted by molar-refractivity contribution is 0.0136. The third kappa shape index (κ3) is 3.58. The van der Waals surface area contributed by atoms with Crippen LogP contribution in [-0.4, -0.2) is 11.2 Å². The maximum Gasteiger partial charge on any atom is 0.0543 e. The Balaban J connectivity index is 1.56. The maximum atomic E-state index is 10.2. The molecule has 0 unspecified atom stereocenters. The Morgan fingerprint density at radius 3 is 2.55 bits per heavy atom. The minimum absolute atomic E-state index is 0.0388. The molecule has 0 bridgehead atoms. The molecular formula is C28H46O. The van der Waals surface area contributed by atoms with E-state index in [1.165, 1.54) is 51.4 Å². The fourth-order valence-corrected chi connectivity index (χ4v) is 8.19. The molecule has 0 aromatic carbocycles. The van der Waals surface area contributed by atoms with E-state index in [2.05, 4.69) is 47.6 Å². The van der Waals surface area contributed by atoms with Crippen LogP contribution >= 0.6 is 0 Å². The molecule has 0 saturated heterocycles. The zero-order valence-corrected chi connectivity index (χ0v) is 20.1. The molecule has 0 amide bonds. The van der Waals surface area contributed by atoms with Crippen molar-refractivity contribution in [2.75, 3.05) is 0 Å². The van der Waals surface area contributed by atoms with Crippen LogP contribution in [0.3, 0.4) is 0 Å². The molecule has 164 valence electrons. The van der Waals surface area contributed by atoms with Crippen molar-refractivity contribution < 1.29 is 5.11 Å². The summed E-state index contributed by atoms with van der Waals surface area (Å²) < 4.78 is 0. The number of aliphatic hydroxyl groups excluding tert-OH is 1. The average Bonchev–Trinajstić information content (AvgIpc) is 3.03. The third-order valence-corrected chi connectivity index (χ3v) is 10.4. The Hall–Kier alpha value is -0.560. The molecule has 1 nitrogen and oxygen atoms in total. The quantitative estimate of drug-likeness (QED) is 0.481. The molecule has 1 heteroatoms. The van der Waals surface area contributed by atoms with Crippen LogP contribution in [0.1, 0.15) is 106 Å². The molecule has 7 atom stereocenters. The zero-order valence-electron chi connectivity index (χ0n) is 20.1. The van der Waals surface area contributed by atoms with Gasteiger partial charge in [0.2, 0.25) is 0 Å². The van der Waals surface area contributed by atoms with Gasteiger partial charge in [0.25, 0.3) is 0 Å². The summed E-state index contributed by atoms with van der Waals surface area (Å²) in [5.41, 5.74) is 6.25. The van der Waals surface area contributed by atoms with Gasteiger partial charge in [0.05, 0.1) is 6.10 Å². The first-order valence-electron chi connectivity index (χ1n) is 12.7. The molecule has 2 fully saturated rings. The van der Waals surface area contributed by atoms with Crippen LogP contribution < -0.4 is 0 Å². The highest BCUT2D eigenvalue weighted by molar-refractivity contribution is 5.34. The van der Waals surface area contributed by atoms with Crippen molar-refractivity contribution in [2.45, 2.75) is 112 Å². The molecule has 2 saturated carbocycles. The summed E-state index contributed by atoms with van der Waals surface area (Å²) in [6, 6.07) is 0. The van der Waals surface area contributed by atoms with E-state index in [9.17, 15) is 5.11 Å². The highest BCUT2D eigenvalue weighted by Crippen LogP contribution is 2.65. The minimum atomic E-state index is -0.0388. The standard InChI is InChI=1S/C28H46O/c1-18(2)19(3)7-8-20(4)24-11-12-25-23-10-9-21-17-22(29)13-15-27(21,5)26(23)14-16-28(24,25)6/h7,18,20-22,24-25,29H,8-17H2,1-6H3/b19-7+/t20-,21+,22+,24-,25+,27+,28-/m1/s1. The van der Waals surface area contributed by atoms with E-state index < -0.39 is 0 Å². The van der Waals surface area contributed by atoms with E-state index in [0.29, 0.717) is 16.7 Å². The maximum absolute atomic E-state index is 10.2. The lowest BCUT2D eigenvalue weighted by atomic mass is 9.50. The number of allylic oxidation sites excluding steroid dienone is 4. The van der Waals surface area contributed by atoms with Crippen molar-refractivity contribution in [2.24, 2.45) is 40.4 Å². The highest BCUT2D eigenvalue weighted by atomic mass is 16.3. The second kappa shape index (κ2) is 7.85. The number of hydrogen-bond acceptors (Lipinski definition) is 1. The number of fused-ring (bicyclic) bond motifs is 4. The van der Waals surface area contributed by atoms with E-state index in [1.807, 2.05) is 11.1 Å². The van der Waals surface area contributed by atoms with E-state index in [1.54, 1.807) is 5.57 Å². The predicted molar refractivity (Wildman–Crippen MR) is 124 cm³/mol. The summed E-state index contributed by atoms with van der Waals surface area (Å²) in [5, 5.41) is 10.2. The second-order valence-electron chi connectivity index (χ2n) is 12.1. The number of rotatable bonds is 4. The fraction of sp³-hybridized carbons (Fsp3) is 0.857. The summed E-state index contributed by atoms with van der Waals surface area (Å²) in [7, 11) is 0. The fourth-order valence-electron chi connectivity index (χ4n) is 8.19. The first-order valence-corrected chi connectivity index (χ1v) is 12.7. The molecule has 0 aromatic heterocycles. The Labute approximate surface area is 180 Å². The van der Waals surface area contributed by atoms with Crippen LogP contribution in [0, 0.1) is 40.4 Å². The predicted octanol–water partition coefficient (Wildman–Crippen LogP) is 7.70. The van der Waals surface area contributed by atoms with E-state index in [0.717, 1.165) is 36.5 Å². The van der Waals surface area contributed by atoms with Gasteiger partial charge in [-0.05, 0) is 112 Å². The lowest BCUT2D eigenvalue weighted by Gasteiger charge is -2.55. The summed E-state index contributed by atoms with van der Waals surface area (Å²) in [6.45, 7) is 14.7. The average molecular weight is 399 g/mol. The second-order valence-corrected chi connectivity index (χ2v) is 12.1. The summed E-state index contributed by atoms with van der Waals surface area (Å²) in [6.07, 6.45) is 15.3. The van der Waals surface area contributed by atoms with E-state index in [-0.39, 0.29) is 6.10 Å². The lowest BCUT2D eigenvalue weighted by Crippen LogP contribution is -2.45. The summed E-state index contributed by atoms with van der Waals surface area (Å²) in [4.78, 5) is 0. The van der Waals surface area contributed by atoms with E-state index >= 15 is 0 Å². The van der Waals surface area contributed by atoms with Gasteiger partial charge in [-0.3, -0.25) is 0 Å². The topological polar surface area (TPSA) is 20.2 Å². The molecule has 0 radical (unpaired) electrons. The summed E-state index contributed by atoms with van der Waals surface area (Å²) in [5.74, 6) is 3.95. The van der Waals surface area contributed by atoms with Gasteiger partial charge in [-0.1, -0.05) is 57.4 Å². The summed E-state index contributed by atoms with van der Waals surface area (Å²) >= 11 is 0. The molecule has 4 rings (SSSR count). The van der Waals surface area contributed by atoms with Gasteiger partial charge in [-0.15, -0.1) is 0 Å². The van der Waals surface area contributed by atoms with Crippen molar-refractivity contribution in [1.29, 1.82) is 0 Å². The number of aliphatic hydroxyl groups is 1. The van der Waals surface area contributed by atoms with Gasteiger partial charge >= 0.3 is 0 Å². The Morgan fingerprint density at radius 1 is 1.07 bits per heavy atom. The van der Waals surface area contributed by atoms with Crippen LogP contribution in [0.15, 0.2) is 22.8 Å². The van der Waals surface area contributed by atoms with Gasteiger partial charge in [0.1, 0.15) is 0 Å². The van der Waals surface area contributed by atoms with Crippen LogP contribution in [0.5, 0.6) is 0 Å². The number of hydrogen-bond donors (Lipinski definition) is 1. The van der Waals surface area contributed by atoms with Crippen LogP contribution in [-0.2, 0) is 0 Å². The van der Waals surface area contributed by atoms with Crippen molar-refractivity contribution in [1.82, 2.24) is 0 Å². The molecular weight excluding hydrogens is 352 g/mol. The molecule has 4 aliphatic rings. The monoisotopic (exact) mass is 398 g/mol. The molecule has 1 N–H and O–H groups in total. The largest absolute Gasteiger partial charge is 0.393 e. The smallest absolute Gasteiger partial charge is 0.0543 e. The highest BCUT2D eigenvalue weighted by Gasteiger charge is 2.55. The minimum Gasteiger partial charge on any atom is -0.393 e. The molecule has 0 aromatic rings. The van der Waals surface area contributed by atoms with E-state index in [4.69, 9.17) is 0 Å². The van der Waals surface area contributed by atoms with Gasteiger partial charge < -0.3 is 5.11 Å². The Morgan fingerprint density at radius 2 is 1.83 bits per heavy atom. The van der Waals surface area contributed by atoms with Crippen LogP contribution in [0.25, 0.3) is 0 Å². The van der Waals surface area contributed by atoms with Crippen LogP contribution in [0.4, 0.5) is 0 Å². The van der Waals surface area contributed by atoms with Crippen molar-refractivity contribution in [3.05, 3.63) is 22.8 Å². The third-order valence-electron chi connectivity index (χ3n) is 10.4. The molecule has 29 heavy (non-hydrogen) atoms. The normalized spacial score (nSPS) is 43.8. The van der Waals surface area contributed by atoms with Gasteiger partial charge in [0, 0.05) is 0 Å². The Kier molecular flexibility index (Phi) is 5.86. The van der Waals surface area contributed by atoms with Gasteiger partial charge in [-0.25, -0.2) is 0 Å². The van der Waals surface area contributed by atoms with Crippen LogP contribution in [0.2, 0.25) is 0 Å². The molecule has 4 aliphatic carbocycles. The Bertz CT molecular complexity index is 684. The van der Waals surface area contributed by atoms with Crippen molar-refractivity contribution in [3.8, 4) is 0 Å². The van der Waals surface area contributed by atoms with Crippen molar-refractivity contribution >= 4 is 0 Å². The first-order chi connectivity index (χ1) is 13.7. The molecule has 0 aliphatic heterocycles. The first kappa shape index (κ1) is 21.7. The van der Waals surface area contributed by atoms with Gasteiger partial charge in [-0.2, -0.15) is 0 Å². The van der Waals surface area contributed by atoms with Gasteiger partial charge in [0.15, 0.2) is 0 Å².